The van der Waals surface area contributed by atoms with Crippen molar-refractivity contribution in [2.24, 2.45) is 11.7 Å². The van der Waals surface area contributed by atoms with E-state index in [-0.39, 0.29) is 12.6 Å². The largest absolute Gasteiger partial charge is 0.396 e. The van der Waals surface area contributed by atoms with Gasteiger partial charge in [0.2, 0.25) is 0 Å². The standard InChI is InChI=1S/C7H13NO/c8-7-3-1-2-6(4-7)5-9/h1,3,6-7,9H,2,4-5,8H2/t6-,7-/m1/s1. The molecule has 0 fully saturated rings. The van der Waals surface area contributed by atoms with E-state index in [0.717, 1.165) is 12.8 Å². The summed E-state index contributed by atoms with van der Waals surface area (Å²) in [5, 5.41) is 8.72. The smallest absolute Gasteiger partial charge is 0.0462 e. The van der Waals surface area contributed by atoms with Gasteiger partial charge >= 0.3 is 0 Å². The first-order valence-electron chi connectivity index (χ1n) is 3.36. The van der Waals surface area contributed by atoms with Crippen LogP contribution in [0.1, 0.15) is 12.8 Å². The molecule has 52 valence electrons. The van der Waals surface area contributed by atoms with Crippen molar-refractivity contribution in [1.82, 2.24) is 0 Å². The number of rotatable bonds is 1. The van der Waals surface area contributed by atoms with E-state index in [1.54, 1.807) is 0 Å². The Kier molecular flexibility index (Phi) is 2.25. The fourth-order valence-electron chi connectivity index (χ4n) is 1.15. The number of nitrogens with two attached hydrogens (primary N) is 1. The minimum absolute atomic E-state index is 0.177. The fourth-order valence-corrected chi connectivity index (χ4v) is 1.15. The van der Waals surface area contributed by atoms with Crippen molar-refractivity contribution in [2.75, 3.05) is 6.61 Å². The van der Waals surface area contributed by atoms with Crippen LogP contribution in [0.4, 0.5) is 0 Å². The van der Waals surface area contributed by atoms with Crippen LogP contribution in [0.2, 0.25) is 0 Å². The highest BCUT2D eigenvalue weighted by molar-refractivity contribution is 4.98. The van der Waals surface area contributed by atoms with Gasteiger partial charge in [-0.2, -0.15) is 0 Å². The minimum atomic E-state index is 0.177. The molecule has 2 nitrogen and oxygen atoms in total. The van der Waals surface area contributed by atoms with Crippen LogP contribution in [0, 0.1) is 5.92 Å². The average molecular weight is 127 g/mol. The van der Waals surface area contributed by atoms with E-state index < -0.39 is 0 Å². The van der Waals surface area contributed by atoms with Gasteiger partial charge in [0.1, 0.15) is 0 Å². The molecule has 3 N–H and O–H groups in total. The molecule has 2 atom stereocenters. The summed E-state index contributed by atoms with van der Waals surface area (Å²) in [4.78, 5) is 0. The highest BCUT2D eigenvalue weighted by Gasteiger charge is 2.12. The highest BCUT2D eigenvalue weighted by Crippen LogP contribution is 2.15. The molecular weight excluding hydrogens is 114 g/mol. The summed E-state index contributed by atoms with van der Waals surface area (Å²) in [6.45, 7) is 0.276. The van der Waals surface area contributed by atoms with Gasteiger partial charge in [0.25, 0.3) is 0 Å². The first-order chi connectivity index (χ1) is 4.33. The summed E-state index contributed by atoms with van der Waals surface area (Å²) in [5.74, 6) is 0.407. The molecule has 0 unspecified atom stereocenters. The van der Waals surface area contributed by atoms with Gasteiger partial charge in [-0.15, -0.1) is 0 Å². The predicted molar refractivity (Wildman–Crippen MR) is 36.9 cm³/mol. The van der Waals surface area contributed by atoms with Gasteiger partial charge in [-0.3, -0.25) is 0 Å². The van der Waals surface area contributed by atoms with Crippen molar-refractivity contribution >= 4 is 0 Å². The molecule has 1 rings (SSSR count). The quantitative estimate of drug-likeness (QED) is 0.497. The molecule has 0 aromatic heterocycles. The normalized spacial score (nSPS) is 34.9. The first-order valence-corrected chi connectivity index (χ1v) is 3.36. The molecule has 0 amide bonds. The zero-order chi connectivity index (χ0) is 6.69. The van der Waals surface area contributed by atoms with Crippen molar-refractivity contribution < 1.29 is 5.11 Å². The molecule has 0 radical (unpaired) electrons. The zero-order valence-corrected chi connectivity index (χ0v) is 5.46. The summed E-state index contributed by atoms with van der Waals surface area (Å²) in [7, 11) is 0. The molecule has 0 saturated heterocycles. The Morgan fingerprint density at radius 2 is 2.44 bits per heavy atom. The molecule has 1 aliphatic carbocycles. The number of aliphatic hydroxyl groups excluding tert-OH is 1. The van der Waals surface area contributed by atoms with E-state index in [4.69, 9.17) is 10.8 Å². The van der Waals surface area contributed by atoms with Crippen molar-refractivity contribution in [3.8, 4) is 0 Å². The maximum absolute atomic E-state index is 8.72. The Balaban J connectivity index is 2.38. The third kappa shape index (κ3) is 1.80. The molecule has 2 heteroatoms. The lowest BCUT2D eigenvalue weighted by Crippen LogP contribution is -2.25. The Hall–Kier alpha value is -0.340. The van der Waals surface area contributed by atoms with Crippen molar-refractivity contribution in [3.63, 3.8) is 0 Å². The van der Waals surface area contributed by atoms with Crippen molar-refractivity contribution in [3.05, 3.63) is 12.2 Å². The van der Waals surface area contributed by atoms with Gasteiger partial charge < -0.3 is 10.8 Å². The Labute approximate surface area is 55.4 Å². The third-order valence-corrected chi connectivity index (χ3v) is 1.72. The molecule has 0 saturated carbocycles. The molecule has 0 aromatic carbocycles. The Bertz CT molecular complexity index is 111. The second-order valence-electron chi connectivity index (χ2n) is 2.61. The first kappa shape index (κ1) is 6.78. The van der Waals surface area contributed by atoms with Crippen LogP contribution in [-0.4, -0.2) is 17.8 Å². The molecule has 1 aliphatic rings. The summed E-state index contributed by atoms with van der Waals surface area (Å²) in [5.41, 5.74) is 5.60. The SMILES string of the molecule is N[C@@H]1C=CC[C@@H](CO)C1. The molecule has 0 aliphatic heterocycles. The van der Waals surface area contributed by atoms with E-state index in [2.05, 4.69) is 6.08 Å². The highest BCUT2D eigenvalue weighted by atomic mass is 16.3. The van der Waals surface area contributed by atoms with E-state index in [1.165, 1.54) is 0 Å². The Morgan fingerprint density at radius 3 is 2.89 bits per heavy atom. The monoisotopic (exact) mass is 127 g/mol. The summed E-state index contributed by atoms with van der Waals surface area (Å²) in [6, 6.07) is 0.177. The van der Waals surface area contributed by atoms with Crippen LogP contribution in [-0.2, 0) is 0 Å². The van der Waals surface area contributed by atoms with Crippen molar-refractivity contribution in [1.29, 1.82) is 0 Å². The maximum atomic E-state index is 8.72. The molecule has 0 spiro atoms. The minimum Gasteiger partial charge on any atom is -0.396 e. The molecule has 0 aromatic rings. The van der Waals surface area contributed by atoms with Crippen LogP contribution in [0.25, 0.3) is 0 Å². The lowest BCUT2D eigenvalue weighted by molar-refractivity contribution is 0.213. The lowest BCUT2D eigenvalue weighted by atomic mass is 9.92. The van der Waals surface area contributed by atoms with Gasteiger partial charge in [0.15, 0.2) is 0 Å². The summed E-state index contributed by atoms with van der Waals surface area (Å²) in [6.07, 6.45) is 5.98. The summed E-state index contributed by atoms with van der Waals surface area (Å²) >= 11 is 0. The van der Waals surface area contributed by atoms with Gasteiger partial charge in [-0.25, -0.2) is 0 Å². The van der Waals surface area contributed by atoms with E-state index in [9.17, 15) is 0 Å². The zero-order valence-electron chi connectivity index (χ0n) is 5.46. The summed E-state index contributed by atoms with van der Waals surface area (Å²) < 4.78 is 0. The molecular formula is C7H13NO. The van der Waals surface area contributed by atoms with Crippen LogP contribution in [0.3, 0.4) is 0 Å². The van der Waals surface area contributed by atoms with Crippen LogP contribution >= 0.6 is 0 Å². The molecule has 0 heterocycles. The topological polar surface area (TPSA) is 46.2 Å². The fraction of sp³-hybridized carbons (Fsp3) is 0.714. The Morgan fingerprint density at radius 1 is 1.67 bits per heavy atom. The van der Waals surface area contributed by atoms with Gasteiger partial charge in [-0.05, 0) is 18.8 Å². The maximum Gasteiger partial charge on any atom is 0.0462 e. The van der Waals surface area contributed by atoms with E-state index in [0.29, 0.717) is 5.92 Å². The van der Waals surface area contributed by atoms with Gasteiger partial charge in [0.05, 0.1) is 0 Å². The molecule has 9 heavy (non-hydrogen) atoms. The predicted octanol–water partition coefficient (Wildman–Crippen LogP) is 0.272. The number of hydrogen-bond donors (Lipinski definition) is 2. The lowest BCUT2D eigenvalue weighted by Gasteiger charge is -2.19. The van der Waals surface area contributed by atoms with Crippen LogP contribution in [0.15, 0.2) is 12.2 Å². The average Bonchev–Trinajstić information content (AvgIpc) is 1.88. The number of allylic oxidation sites excluding steroid dienone is 1. The molecule has 0 bridgehead atoms. The van der Waals surface area contributed by atoms with Crippen molar-refractivity contribution in [2.45, 2.75) is 18.9 Å². The number of hydrogen-bond acceptors (Lipinski definition) is 2. The van der Waals surface area contributed by atoms with E-state index >= 15 is 0 Å². The number of aliphatic hydroxyl groups is 1. The van der Waals surface area contributed by atoms with E-state index in [1.807, 2.05) is 6.08 Å². The van der Waals surface area contributed by atoms with Gasteiger partial charge in [-0.1, -0.05) is 12.2 Å². The van der Waals surface area contributed by atoms with Gasteiger partial charge in [0, 0.05) is 12.6 Å². The van der Waals surface area contributed by atoms with Crippen LogP contribution in [0.5, 0.6) is 0 Å². The second kappa shape index (κ2) is 2.99. The third-order valence-electron chi connectivity index (χ3n) is 1.72. The second-order valence-corrected chi connectivity index (χ2v) is 2.61. The van der Waals surface area contributed by atoms with Crippen LogP contribution < -0.4 is 5.73 Å².